The number of nitro groups is 1. The van der Waals surface area contributed by atoms with Gasteiger partial charge >= 0.3 is 5.97 Å². The molecule has 31 heavy (non-hydrogen) atoms. The molecule has 2 heterocycles. The summed E-state index contributed by atoms with van der Waals surface area (Å²) in [7, 11) is 3.14. The van der Waals surface area contributed by atoms with E-state index in [9.17, 15) is 25.0 Å². The lowest BCUT2D eigenvalue weighted by molar-refractivity contribution is -0.384. The van der Waals surface area contributed by atoms with Crippen molar-refractivity contribution in [3.63, 3.8) is 0 Å². The van der Waals surface area contributed by atoms with Gasteiger partial charge in [-0.3, -0.25) is 20.2 Å². The number of methoxy groups -OCH3 is 1. The number of ether oxygens (including phenoxy) is 1. The second kappa shape index (κ2) is 8.85. The predicted molar refractivity (Wildman–Crippen MR) is 110 cm³/mol. The highest BCUT2D eigenvalue weighted by Crippen LogP contribution is 2.31. The van der Waals surface area contributed by atoms with E-state index in [-0.39, 0.29) is 34.0 Å². The van der Waals surface area contributed by atoms with Crippen LogP contribution in [0.2, 0.25) is 0 Å². The number of likely N-dealkylation sites (N-methyl/N-ethyl adjacent to an activating group) is 1. The Kier molecular flexibility index (Phi) is 6.22. The van der Waals surface area contributed by atoms with Crippen molar-refractivity contribution in [2.75, 3.05) is 50.6 Å². The molecule has 1 fully saturated rings. The molecular weight excluding hydrogens is 406 g/mol. The van der Waals surface area contributed by atoms with Crippen molar-refractivity contribution < 1.29 is 23.7 Å². The molecule has 162 valence electrons. The highest BCUT2D eigenvalue weighted by molar-refractivity contribution is 6.06. The van der Waals surface area contributed by atoms with E-state index >= 15 is 0 Å². The van der Waals surface area contributed by atoms with Gasteiger partial charge in [-0.25, -0.2) is 4.79 Å². The minimum Gasteiger partial charge on any atom is -0.465 e. The summed E-state index contributed by atoms with van der Waals surface area (Å²) in [5.74, 6) is -1.61. The third-order valence-corrected chi connectivity index (χ3v) is 5.09. The summed E-state index contributed by atoms with van der Waals surface area (Å²) in [6.07, 6.45) is 0. The number of rotatable bonds is 5. The number of piperazine rings is 1. The molecule has 0 unspecified atom stereocenters. The molecule has 0 saturated carbocycles. The van der Waals surface area contributed by atoms with Gasteiger partial charge in [0.1, 0.15) is 28.6 Å². The monoisotopic (exact) mass is 427 g/mol. The van der Waals surface area contributed by atoms with Crippen molar-refractivity contribution >= 4 is 29.1 Å². The van der Waals surface area contributed by atoms with E-state index in [1.807, 2.05) is 18.0 Å². The average Bonchev–Trinajstić information content (AvgIpc) is 3.07. The van der Waals surface area contributed by atoms with Crippen molar-refractivity contribution in [3.05, 3.63) is 50.8 Å². The van der Waals surface area contributed by atoms with Crippen LogP contribution in [0.3, 0.4) is 0 Å². The SMILES string of the molecule is COC(=O)c1c(C)oc(NC(=O)c2ccc(N3CCN(C)CC3)c([N+](=O)[O-])c2)c1C#N. The summed E-state index contributed by atoms with van der Waals surface area (Å²) in [6.45, 7) is 4.28. The highest BCUT2D eigenvalue weighted by Gasteiger charge is 2.27. The Bertz CT molecular complexity index is 1080. The van der Waals surface area contributed by atoms with Crippen LogP contribution in [0.5, 0.6) is 0 Å². The molecule has 1 saturated heterocycles. The molecule has 1 aromatic carbocycles. The van der Waals surface area contributed by atoms with Gasteiger partial charge in [-0.05, 0) is 26.1 Å². The molecule has 1 aromatic heterocycles. The van der Waals surface area contributed by atoms with Gasteiger partial charge in [0, 0.05) is 37.8 Å². The summed E-state index contributed by atoms with van der Waals surface area (Å²) in [5, 5.41) is 23.4. The van der Waals surface area contributed by atoms with Gasteiger partial charge in [-0.1, -0.05) is 0 Å². The van der Waals surface area contributed by atoms with Crippen LogP contribution in [-0.4, -0.2) is 62.0 Å². The molecule has 0 spiro atoms. The lowest BCUT2D eigenvalue weighted by Crippen LogP contribution is -2.44. The molecule has 2 aromatic rings. The number of esters is 1. The molecule has 1 amide bonds. The lowest BCUT2D eigenvalue weighted by atomic mass is 10.1. The fourth-order valence-corrected chi connectivity index (χ4v) is 3.39. The number of nitrogens with zero attached hydrogens (tertiary/aromatic N) is 4. The number of nitrogens with one attached hydrogen (secondary N) is 1. The normalized spacial score (nSPS) is 14.1. The fraction of sp³-hybridized carbons (Fsp3) is 0.350. The Balaban J connectivity index is 1.89. The topological polar surface area (TPSA) is 142 Å². The molecule has 11 heteroatoms. The molecule has 1 aliphatic heterocycles. The number of carbonyl (C=O) groups excluding carboxylic acids is 2. The second-order valence-electron chi connectivity index (χ2n) is 7.05. The van der Waals surface area contributed by atoms with E-state index in [1.165, 1.54) is 25.1 Å². The van der Waals surface area contributed by atoms with Crippen molar-refractivity contribution in [2.24, 2.45) is 0 Å². The van der Waals surface area contributed by atoms with Crippen LogP contribution in [-0.2, 0) is 4.74 Å². The number of carbonyl (C=O) groups is 2. The number of hydrogen-bond acceptors (Lipinski definition) is 9. The Hall–Kier alpha value is -3.91. The number of furan rings is 1. The number of nitriles is 1. The fourth-order valence-electron chi connectivity index (χ4n) is 3.39. The van der Waals surface area contributed by atoms with Crippen LogP contribution in [0.1, 0.15) is 32.0 Å². The summed E-state index contributed by atoms with van der Waals surface area (Å²) in [4.78, 5) is 39.7. The van der Waals surface area contributed by atoms with Gasteiger partial charge < -0.3 is 19.0 Å². The maximum Gasteiger partial charge on any atom is 0.342 e. The van der Waals surface area contributed by atoms with Gasteiger partial charge in [0.15, 0.2) is 0 Å². The predicted octanol–water partition coefficient (Wildman–Crippen LogP) is 2.16. The Morgan fingerprint density at radius 3 is 2.55 bits per heavy atom. The van der Waals surface area contributed by atoms with Gasteiger partial charge in [0.05, 0.1) is 12.0 Å². The molecule has 0 radical (unpaired) electrons. The maximum atomic E-state index is 12.7. The van der Waals surface area contributed by atoms with Crippen LogP contribution >= 0.6 is 0 Å². The van der Waals surface area contributed by atoms with Crippen LogP contribution in [0.15, 0.2) is 22.6 Å². The van der Waals surface area contributed by atoms with Crippen molar-refractivity contribution in [2.45, 2.75) is 6.92 Å². The third-order valence-electron chi connectivity index (χ3n) is 5.09. The van der Waals surface area contributed by atoms with Crippen molar-refractivity contribution in [3.8, 4) is 6.07 Å². The number of amides is 1. The number of nitro benzene ring substituents is 1. The molecule has 0 aliphatic carbocycles. The summed E-state index contributed by atoms with van der Waals surface area (Å²) >= 11 is 0. The van der Waals surface area contributed by atoms with Crippen molar-refractivity contribution in [1.29, 1.82) is 5.26 Å². The van der Waals surface area contributed by atoms with Crippen LogP contribution in [0.25, 0.3) is 0 Å². The first kappa shape index (κ1) is 21.8. The Morgan fingerprint density at radius 2 is 1.97 bits per heavy atom. The van der Waals surface area contributed by atoms with Crippen LogP contribution in [0.4, 0.5) is 17.3 Å². The first-order valence-electron chi connectivity index (χ1n) is 9.41. The molecule has 1 aliphatic rings. The minimum absolute atomic E-state index is 0.0159. The van der Waals surface area contributed by atoms with E-state index in [2.05, 4.69) is 15.0 Å². The number of hydrogen-bond donors (Lipinski definition) is 1. The Morgan fingerprint density at radius 1 is 1.29 bits per heavy atom. The number of benzene rings is 1. The first-order valence-corrected chi connectivity index (χ1v) is 9.41. The first-order chi connectivity index (χ1) is 14.8. The second-order valence-corrected chi connectivity index (χ2v) is 7.05. The van der Waals surface area contributed by atoms with Gasteiger partial charge in [-0.2, -0.15) is 5.26 Å². The zero-order valence-electron chi connectivity index (χ0n) is 17.3. The van der Waals surface area contributed by atoms with Crippen LogP contribution < -0.4 is 10.2 Å². The third kappa shape index (κ3) is 4.34. The summed E-state index contributed by atoms with van der Waals surface area (Å²) in [5.41, 5.74) is -0.00198. The van der Waals surface area contributed by atoms with E-state index in [4.69, 9.17) is 4.42 Å². The number of anilines is 2. The van der Waals surface area contributed by atoms with E-state index in [0.29, 0.717) is 18.8 Å². The molecule has 0 bridgehead atoms. The molecule has 3 rings (SSSR count). The van der Waals surface area contributed by atoms with Gasteiger partial charge in [0.25, 0.3) is 11.6 Å². The Labute approximate surface area is 177 Å². The van der Waals surface area contributed by atoms with E-state index in [0.717, 1.165) is 20.2 Å². The number of aryl methyl sites for hydroxylation is 1. The molecule has 0 atom stereocenters. The summed E-state index contributed by atoms with van der Waals surface area (Å²) < 4.78 is 9.99. The van der Waals surface area contributed by atoms with Crippen LogP contribution in [0, 0.1) is 28.4 Å². The smallest absolute Gasteiger partial charge is 0.342 e. The zero-order valence-corrected chi connectivity index (χ0v) is 17.3. The van der Waals surface area contributed by atoms with Gasteiger partial charge in [-0.15, -0.1) is 0 Å². The minimum atomic E-state index is -0.773. The van der Waals surface area contributed by atoms with Crippen molar-refractivity contribution in [1.82, 2.24) is 4.90 Å². The summed E-state index contributed by atoms with van der Waals surface area (Å²) in [6, 6.07) is 6.01. The van der Waals surface area contributed by atoms with Gasteiger partial charge in [0.2, 0.25) is 5.88 Å². The zero-order chi connectivity index (χ0) is 22.7. The lowest BCUT2D eigenvalue weighted by Gasteiger charge is -2.33. The highest BCUT2D eigenvalue weighted by atomic mass is 16.6. The molecule has 1 N–H and O–H groups in total. The largest absolute Gasteiger partial charge is 0.465 e. The molecule has 11 nitrogen and oxygen atoms in total. The average molecular weight is 427 g/mol. The standard InChI is InChI=1S/C20H21N5O6/c1-12-17(20(27)30-3)14(11-21)19(31-12)22-18(26)13-4-5-15(16(10-13)25(28)29)24-8-6-23(2)7-9-24/h4-5,10H,6-9H2,1-3H3,(H,22,26). The van der Waals surface area contributed by atoms with E-state index < -0.39 is 16.8 Å². The van der Waals surface area contributed by atoms with E-state index in [1.54, 1.807) is 0 Å². The maximum absolute atomic E-state index is 12.7. The molecular formula is C20H21N5O6. The quantitative estimate of drug-likeness (QED) is 0.431.